The second-order valence-corrected chi connectivity index (χ2v) is 16.1. The van der Waals surface area contributed by atoms with E-state index in [4.69, 9.17) is 0 Å². The Morgan fingerprint density at radius 1 is 0.500 bits per heavy atom. The van der Waals surface area contributed by atoms with E-state index in [2.05, 4.69) is 65.2 Å². The van der Waals surface area contributed by atoms with E-state index in [1.54, 1.807) is 0 Å². The van der Waals surface area contributed by atoms with Crippen molar-refractivity contribution in [3.8, 4) is 0 Å². The van der Waals surface area contributed by atoms with Gasteiger partial charge in [0.2, 0.25) is 0 Å². The molecule has 0 atom stereocenters. The molecule has 0 N–H and O–H groups in total. The molecule has 6 rings (SSSR count). The van der Waals surface area contributed by atoms with Crippen LogP contribution in [0.25, 0.3) is 0 Å². The third-order valence-electron chi connectivity index (χ3n) is 9.96. The van der Waals surface area contributed by atoms with Crippen molar-refractivity contribution in [3.05, 3.63) is 0 Å². The van der Waals surface area contributed by atoms with Gasteiger partial charge in [-0.15, -0.1) is 0 Å². The molecule has 6 fully saturated rings. The Bertz CT molecular complexity index is 820. The lowest BCUT2D eigenvalue weighted by Crippen LogP contribution is -2.64. The van der Waals surface area contributed by atoms with Crippen LogP contribution < -0.4 is 0 Å². The molecule has 0 aromatic heterocycles. The van der Waals surface area contributed by atoms with Crippen LogP contribution in [0.15, 0.2) is 0 Å². The average Bonchev–Trinajstić information content (AvgIpc) is 3.15. The van der Waals surface area contributed by atoms with Crippen LogP contribution in [-0.4, -0.2) is 92.6 Å². The molecule has 2 aliphatic carbocycles. The predicted molar refractivity (Wildman–Crippen MR) is 139 cm³/mol. The normalized spacial score (nSPS) is 33.1. The van der Waals surface area contributed by atoms with E-state index < -0.39 is 0 Å². The summed E-state index contributed by atoms with van der Waals surface area (Å²) in [5.41, 5.74) is 1.06. The van der Waals surface area contributed by atoms with Gasteiger partial charge in [-0.1, -0.05) is 55.4 Å². The highest BCUT2D eigenvalue weighted by molar-refractivity contribution is 5.85. The molecule has 202 valence electrons. The lowest BCUT2D eigenvalue weighted by molar-refractivity contribution is -0.0758. The van der Waals surface area contributed by atoms with Gasteiger partial charge in [-0.3, -0.25) is 29.4 Å². The first-order chi connectivity index (χ1) is 16.5. The van der Waals surface area contributed by atoms with Crippen molar-refractivity contribution in [3.63, 3.8) is 0 Å². The van der Waals surface area contributed by atoms with Gasteiger partial charge in [-0.25, -0.2) is 9.59 Å². The Balaban J connectivity index is 1.24. The SMILES string of the molecule is CC1(C)CC(N2CN3C(=O)N4CN(C5CC(C)(C)CC(C)(C)C5)CN5C(=O)N(C2)C3C45)CC(C)(C)C1. The Labute approximate surface area is 217 Å². The number of carbonyl (C=O) groups excluding carboxylic acids is 2. The fraction of sp³-hybridized carbons (Fsp3) is 0.929. The quantitative estimate of drug-likeness (QED) is 0.547. The number of hydrogen-bond donors (Lipinski definition) is 0. The average molecular weight is 501 g/mol. The van der Waals surface area contributed by atoms with Crippen LogP contribution in [0.1, 0.15) is 93.9 Å². The monoisotopic (exact) mass is 500 g/mol. The number of nitrogens with zero attached hydrogens (tertiary/aromatic N) is 6. The zero-order valence-electron chi connectivity index (χ0n) is 23.9. The van der Waals surface area contributed by atoms with Crippen LogP contribution in [0.4, 0.5) is 9.59 Å². The molecule has 8 nitrogen and oxygen atoms in total. The number of urea groups is 2. The maximum Gasteiger partial charge on any atom is 0.325 e. The van der Waals surface area contributed by atoms with E-state index in [1.165, 1.54) is 12.8 Å². The van der Waals surface area contributed by atoms with E-state index >= 15 is 0 Å². The maximum absolute atomic E-state index is 13.8. The highest BCUT2D eigenvalue weighted by Crippen LogP contribution is 2.50. The van der Waals surface area contributed by atoms with Gasteiger partial charge in [0.15, 0.2) is 12.3 Å². The highest BCUT2D eigenvalue weighted by Gasteiger charge is 2.64. The molecule has 8 heteroatoms. The summed E-state index contributed by atoms with van der Waals surface area (Å²) in [5.74, 6) is 0. The molecule has 2 saturated carbocycles. The van der Waals surface area contributed by atoms with Gasteiger partial charge in [0, 0.05) is 12.1 Å². The molecule has 0 unspecified atom stereocenters. The summed E-state index contributed by atoms with van der Waals surface area (Å²) in [6.07, 6.45) is 6.59. The molecule has 4 saturated heterocycles. The minimum Gasteiger partial charge on any atom is -0.287 e. The van der Waals surface area contributed by atoms with Crippen molar-refractivity contribution in [2.24, 2.45) is 21.7 Å². The smallest absolute Gasteiger partial charge is 0.287 e. The summed E-state index contributed by atoms with van der Waals surface area (Å²) in [7, 11) is 0. The van der Waals surface area contributed by atoms with Crippen LogP contribution >= 0.6 is 0 Å². The van der Waals surface area contributed by atoms with Gasteiger partial charge >= 0.3 is 12.1 Å². The third kappa shape index (κ3) is 3.93. The molecule has 6 aliphatic rings. The third-order valence-corrected chi connectivity index (χ3v) is 9.96. The Morgan fingerprint density at radius 2 is 0.750 bits per heavy atom. The summed E-state index contributed by atoms with van der Waals surface area (Å²) in [6.45, 7) is 21.5. The number of amides is 4. The Hall–Kier alpha value is -1.54. The summed E-state index contributed by atoms with van der Waals surface area (Å²) in [4.78, 5) is 40.5. The fourth-order valence-corrected chi connectivity index (χ4v) is 9.77. The van der Waals surface area contributed by atoms with Gasteiger partial charge in [-0.05, 0) is 60.2 Å². The highest BCUT2D eigenvalue weighted by atomic mass is 16.2. The topological polar surface area (TPSA) is 53.6 Å². The molecular weight excluding hydrogens is 452 g/mol. The van der Waals surface area contributed by atoms with Crippen LogP contribution in [0.2, 0.25) is 0 Å². The van der Waals surface area contributed by atoms with E-state index in [9.17, 15) is 9.59 Å². The van der Waals surface area contributed by atoms with Crippen LogP contribution in [0.5, 0.6) is 0 Å². The largest absolute Gasteiger partial charge is 0.325 e. The lowest BCUT2D eigenvalue weighted by Gasteiger charge is -2.52. The van der Waals surface area contributed by atoms with Crippen LogP contribution in [-0.2, 0) is 0 Å². The summed E-state index contributed by atoms with van der Waals surface area (Å²) >= 11 is 0. The van der Waals surface area contributed by atoms with Gasteiger partial charge in [0.1, 0.15) is 0 Å². The van der Waals surface area contributed by atoms with E-state index in [1.807, 2.05) is 19.6 Å². The van der Waals surface area contributed by atoms with Crippen molar-refractivity contribution in [2.75, 3.05) is 26.7 Å². The van der Waals surface area contributed by atoms with Crippen molar-refractivity contribution in [1.29, 1.82) is 0 Å². The molecule has 0 radical (unpaired) electrons. The zero-order chi connectivity index (χ0) is 26.0. The summed E-state index contributed by atoms with van der Waals surface area (Å²) < 4.78 is 0. The first-order valence-corrected chi connectivity index (χ1v) is 14.2. The van der Waals surface area contributed by atoms with Gasteiger partial charge < -0.3 is 0 Å². The molecular formula is C28H48N6O2. The standard InChI is InChI=1S/C28H48N6O2/c1-25(2)9-19(10-26(3,4)13-25)29-15-31-21-22-33(23(31)35)17-30(18-34(22)24(36)32(21)16-29)20-11-27(5,6)14-28(7,8)12-20/h19-22H,9-18H2,1-8H3. The van der Waals surface area contributed by atoms with Crippen molar-refractivity contribution in [2.45, 2.75) is 118 Å². The second kappa shape index (κ2) is 7.52. The molecule has 4 amide bonds. The predicted octanol–water partition coefficient (Wildman–Crippen LogP) is 4.78. The number of hydrogen-bond acceptors (Lipinski definition) is 4. The van der Waals surface area contributed by atoms with Crippen LogP contribution in [0, 0.1) is 21.7 Å². The Morgan fingerprint density at radius 3 is 1.00 bits per heavy atom. The van der Waals surface area contributed by atoms with Crippen molar-refractivity contribution < 1.29 is 9.59 Å². The van der Waals surface area contributed by atoms with Gasteiger partial charge in [-0.2, -0.15) is 0 Å². The molecule has 0 bridgehead atoms. The first kappa shape index (κ1) is 24.8. The first-order valence-electron chi connectivity index (χ1n) is 14.2. The molecule has 36 heavy (non-hydrogen) atoms. The zero-order valence-corrected chi connectivity index (χ0v) is 23.9. The molecule has 0 aromatic carbocycles. The molecule has 4 aliphatic heterocycles. The van der Waals surface area contributed by atoms with E-state index in [0.29, 0.717) is 38.8 Å². The maximum atomic E-state index is 13.8. The molecule has 0 spiro atoms. The summed E-state index contributed by atoms with van der Waals surface area (Å²) in [6, 6.07) is 0.979. The number of rotatable bonds is 2. The Kier molecular flexibility index (Phi) is 5.18. The lowest BCUT2D eigenvalue weighted by atomic mass is 9.63. The van der Waals surface area contributed by atoms with Gasteiger partial charge in [0.25, 0.3) is 0 Å². The molecule has 4 heterocycles. The second-order valence-electron chi connectivity index (χ2n) is 16.1. The van der Waals surface area contributed by atoms with Crippen molar-refractivity contribution in [1.82, 2.24) is 29.4 Å². The fourth-order valence-electron chi connectivity index (χ4n) is 9.77. The van der Waals surface area contributed by atoms with E-state index in [0.717, 1.165) is 25.7 Å². The summed E-state index contributed by atoms with van der Waals surface area (Å²) in [5, 5.41) is 0. The molecule has 0 aromatic rings. The van der Waals surface area contributed by atoms with Crippen molar-refractivity contribution >= 4 is 12.1 Å². The van der Waals surface area contributed by atoms with Crippen LogP contribution in [0.3, 0.4) is 0 Å². The minimum absolute atomic E-state index is 0.102. The number of carbonyl (C=O) groups is 2. The van der Waals surface area contributed by atoms with E-state index in [-0.39, 0.29) is 46.1 Å². The van der Waals surface area contributed by atoms with Gasteiger partial charge in [0.05, 0.1) is 26.7 Å². The minimum atomic E-state index is -0.146.